The maximum absolute atomic E-state index is 5.86. The lowest BCUT2D eigenvalue weighted by atomic mass is 10.1. The molecule has 4 N–H and O–H groups in total. The molecular formula is C9H13BrN2. The van der Waals surface area contributed by atoms with Crippen LogP contribution in [0, 0.1) is 0 Å². The minimum absolute atomic E-state index is 0.0723. The zero-order valence-corrected chi connectivity index (χ0v) is 8.42. The van der Waals surface area contributed by atoms with Crippen LogP contribution in [0.2, 0.25) is 0 Å². The minimum atomic E-state index is 0.0723. The Morgan fingerprint density at radius 1 is 1.25 bits per heavy atom. The van der Waals surface area contributed by atoms with Gasteiger partial charge in [-0.1, -0.05) is 28.1 Å². The average Bonchev–Trinajstić information content (AvgIpc) is 2.06. The molecule has 0 heterocycles. The monoisotopic (exact) mass is 228 g/mol. The number of halogens is 1. The number of hydrogen-bond donors (Lipinski definition) is 2. The molecule has 0 aliphatic carbocycles. The van der Waals surface area contributed by atoms with Gasteiger partial charge in [0.25, 0.3) is 0 Å². The normalized spacial score (nSPS) is 12.9. The molecule has 2 nitrogen and oxygen atoms in total. The number of rotatable bonds is 3. The maximum atomic E-state index is 5.86. The van der Waals surface area contributed by atoms with Gasteiger partial charge in [0.2, 0.25) is 0 Å². The molecule has 0 saturated heterocycles. The van der Waals surface area contributed by atoms with Crippen molar-refractivity contribution in [2.45, 2.75) is 12.5 Å². The molecular weight excluding hydrogens is 216 g/mol. The Kier molecular flexibility index (Phi) is 3.72. The molecule has 66 valence electrons. The van der Waals surface area contributed by atoms with E-state index in [-0.39, 0.29) is 6.04 Å². The minimum Gasteiger partial charge on any atom is -0.330 e. The van der Waals surface area contributed by atoms with Crippen LogP contribution in [0.1, 0.15) is 18.0 Å². The summed E-state index contributed by atoms with van der Waals surface area (Å²) in [6, 6.07) is 8.09. The van der Waals surface area contributed by atoms with Gasteiger partial charge in [-0.15, -0.1) is 0 Å². The van der Waals surface area contributed by atoms with Crippen LogP contribution >= 0.6 is 15.9 Å². The fraction of sp³-hybridized carbons (Fsp3) is 0.333. The van der Waals surface area contributed by atoms with Gasteiger partial charge in [-0.05, 0) is 30.7 Å². The Balaban J connectivity index is 2.68. The SMILES string of the molecule is NCCC(N)c1ccc(Br)cc1. The van der Waals surface area contributed by atoms with E-state index >= 15 is 0 Å². The van der Waals surface area contributed by atoms with Crippen molar-refractivity contribution >= 4 is 15.9 Å². The number of benzene rings is 1. The molecule has 0 spiro atoms. The average molecular weight is 229 g/mol. The highest BCUT2D eigenvalue weighted by Gasteiger charge is 2.03. The third kappa shape index (κ3) is 2.59. The van der Waals surface area contributed by atoms with E-state index in [1.807, 2.05) is 24.3 Å². The van der Waals surface area contributed by atoms with Gasteiger partial charge >= 0.3 is 0 Å². The van der Waals surface area contributed by atoms with E-state index in [9.17, 15) is 0 Å². The first-order valence-electron chi connectivity index (χ1n) is 3.95. The van der Waals surface area contributed by atoms with E-state index in [0.29, 0.717) is 6.54 Å². The molecule has 0 radical (unpaired) electrons. The van der Waals surface area contributed by atoms with Gasteiger partial charge in [0.15, 0.2) is 0 Å². The predicted octanol–water partition coefficient (Wildman–Crippen LogP) is 1.80. The van der Waals surface area contributed by atoms with E-state index in [0.717, 1.165) is 16.5 Å². The van der Waals surface area contributed by atoms with Crippen molar-refractivity contribution in [1.29, 1.82) is 0 Å². The fourth-order valence-electron chi connectivity index (χ4n) is 1.06. The summed E-state index contributed by atoms with van der Waals surface area (Å²) in [7, 11) is 0. The molecule has 1 unspecified atom stereocenters. The van der Waals surface area contributed by atoms with Gasteiger partial charge in [-0.25, -0.2) is 0 Å². The van der Waals surface area contributed by atoms with Gasteiger partial charge in [0.1, 0.15) is 0 Å². The summed E-state index contributed by atoms with van der Waals surface area (Å²) >= 11 is 3.37. The largest absolute Gasteiger partial charge is 0.330 e. The van der Waals surface area contributed by atoms with Crippen molar-refractivity contribution in [3.05, 3.63) is 34.3 Å². The molecule has 0 aromatic heterocycles. The molecule has 3 heteroatoms. The fourth-order valence-corrected chi connectivity index (χ4v) is 1.32. The molecule has 0 aliphatic heterocycles. The Bertz CT molecular complexity index is 233. The summed E-state index contributed by atoms with van der Waals surface area (Å²) in [4.78, 5) is 0. The molecule has 1 atom stereocenters. The highest BCUT2D eigenvalue weighted by Crippen LogP contribution is 2.16. The van der Waals surface area contributed by atoms with E-state index < -0.39 is 0 Å². The smallest absolute Gasteiger partial charge is 0.0306 e. The lowest BCUT2D eigenvalue weighted by molar-refractivity contribution is 0.661. The van der Waals surface area contributed by atoms with E-state index in [2.05, 4.69) is 15.9 Å². The molecule has 0 bridgehead atoms. The van der Waals surface area contributed by atoms with Crippen LogP contribution in [0.15, 0.2) is 28.7 Å². The lowest BCUT2D eigenvalue weighted by Gasteiger charge is -2.09. The van der Waals surface area contributed by atoms with Crippen molar-refractivity contribution in [2.75, 3.05) is 6.54 Å². The highest BCUT2D eigenvalue weighted by molar-refractivity contribution is 9.10. The number of hydrogen-bond acceptors (Lipinski definition) is 2. The van der Waals surface area contributed by atoms with Crippen molar-refractivity contribution in [1.82, 2.24) is 0 Å². The van der Waals surface area contributed by atoms with Gasteiger partial charge in [-0.3, -0.25) is 0 Å². The first kappa shape index (κ1) is 9.71. The summed E-state index contributed by atoms with van der Waals surface area (Å²) in [6.45, 7) is 0.636. The van der Waals surface area contributed by atoms with Crippen LogP contribution in [-0.2, 0) is 0 Å². The summed E-state index contributed by atoms with van der Waals surface area (Å²) in [5.74, 6) is 0. The maximum Gasteiger partial charge on any atom is 0.0306 e. The second kappa shape index (κ2) is 4.60. The van der Waals surface area contributed by atoms with E-state index in [1.54, 1.807) is 0 Å². The van der Waals surface area contributed by atoms with Gasteiger partial charge in [0, 0.05) is 10.5 Å². The third-order valence-corrected chi connectivity index (χ3v) is 2.30. The Morgan fingerprint density at radius 2 is 1.83 bits per heavy atom. The number of nitrogens with two attached hydrogens (primary N) is 2. The van der Waals surface area contributed by atoms with Crippen LogP contribution in [0.5, 0.6) is 0 Å². The van der Waals surface area contributed by atoms with E-state index in [1.165, 1.54) is 0 Å². The van der Waals surface area contributed by atoms with Crippen LogP contribution in [-0.4, -0.2) is 6.54 Å². The summed E-state index contributed by atoms with van der Waals surface area (Å²) in [5.41, 5.74) is 12.4. The molecule has 0 amide bonds. The van der Waals surface area contributed by atoms with Crippen molar-refractivity contribution in [3.63, 3.8) is 0 Å². The molecule has 1 aromatic rings. The molecule has 0 fully saturated rings. The molecule has 0 saturated carbocycles. The molecule has 12 heavy (non-hydrogen) atoms. The quantitative estimate of drug-likeness (QED) is 0.830. The van der Waals surface area contributed by atoms with E-state index in [4.69, 9.17) is 11.5 Å². The first-order valence-corrected chi connectivity index (χ1v) is 4.74. The second-order valence-electron chi connectivity index (χ2n) is 2.74. The van der Waals surface area contributed by atoms with Gasteiger partial charge < -0.3 is 11.5 Å². The second-order valence-corrected chi connectivity index (χ2v) is 3.65. The summed E-state index contributed by atoms with van der Waals surface area (Å²) in [6.07, 6.45) is 0.835. The Labute approximate surface area is 81.1 Å². The van der Waals surface area contributed by atoms with Crippen LogP contribution in [0.4, 0.5) is 0 Å². The van der Waals surface area contributed by atoms with Crippen molar-refractivity contribution in [2.24, 2.45) is 11.5 Å². The lowest BCUT2D eigenvalue weighted by Crippen LogP contribution is -2.14. The summed E-state index contributed by atoms with van der Waals surface area (Å²) < 4.78 is 1.08. The summed E-state index contributed by atoms with van der Waals surface area (Å²) in [5, 5.41) is 0. The van der Waals surface area contributed by atoms with Crippen LogP contribution < -0.4 is 11.5 Å². The zero-order valence-electron chi connectivity index (χ0n) is 6.83. The van der Waals surface area contributed by atoms with Gasteiger partial charge in [-0.2, -0.15) is 0 Å². The Morgan fingerprint density at radius 3 is 2.33 bits per heavy atom. The van der Waals surface area contributed by atoms with Crippen molar-refractivity contribution in [3.8, 4) is 0 Å². The standard InChI is InChI=1S/C9H13BrN2/c10-8-3-1-7(2-4-8)9(12)5-6-11/h1-4,9H,5-6,11-12H2. The van der Waals surface area contributed by atoms with Gasteiger partial charge in [0.05, 0.1) is 0 Å². The van der Waals surface area contributed by atoms with Crippen molar-refractivity contribution < 1.29 is 0 Å². The van der Waals surface area contributed by atoms with Crippen LogP contribution in [0.25, 0.3) is 0 Å². The van der Waals surface area contributed by atoms with Crippen LogP contribution in [0.3, 0.4) is 0 Å². The first-order chi connectivity index (χ1) is 5.74. The highest BCUT2D eigenvalue weighted by atomic mass is 79.9. The molecule has 0 aliphatic rings. The Hall–Kier alpha value is -0.380. The zero-order chi connectivity index (χ0) is 8.97. The third-order valence-electron chi connectivity index (χ3n) is 1.78. The molecule has 1 aromatic carbocycles. The molecule has 1 rings (SSSR count). The topological polar surface area (TPSA) is 52.0 Å². The predicted molar refractivity (Wildman–Crippen MR) is 54.7 cm³/mol.